The van der Waals surface area contributed by atoms with Gasteiger partial charge < -0.3 is 10.6 Å². The van der Waals surface area contributed by atoms with E-state index in [4.69, 9.17) is 10.7 Å². The molecule has 0 radical (unpaired) electrons. The van der Waals surface area contributed by atoms with E-state index < -0.39 is 0 Å². The number of allylic oxidation sites excluding steroid dienone is 1. The number of para-hydroxylation sites is 2. The second kappa shape index (κ2) is 8.61. The minimum atomic E-state index is 0. The van der Waals surface area contributed by atoms with Crippen molar-refractivity contribution in [2.24, 2.45) is 4.99 Å². The van der Waals surface area contributed by atoms with Gasteiger partial charge in [0.15, 0.2) is 0 Å². The number of nitrogens with two attached hydrogens (primary N) is 1. The number of benzodiazepines with no additional fused rings is 1. The van der Waals surface area contributed by atoms with Crippen LogP contribution in [0.4, 0.5) is 11.4 Å². The molecule has 3 rings (SSSR count). The molecule has 0 atom stereocenters. The molecule has 23 heavy (non-hydrogen) atoms. The van der Waals surface area contributed by atoms with Crippen LogP contribution in [0.1, 0.15) is 11.1 Å². The summed E-state index contributed by atoms with van der Waals surface area (Å²) < 4.78 is 0. The van der Waals surface area contributed by atoms with Gasteiger partial charge in [-0.3, -0.25) is 4.99 Å². The van der Waals surface area contributed by atoms with Crippen LogP contribution in [0.25, 0.3) is 6.08 Å². The molecule has 0 aliphatic carbocycles. The number of halogens is 2. The van der Waals surface area contributed by atoms with Crippen molar-refractivity contribution in [1.82, 2.24) is 0 Å². The van der Waals surface area contributed by atoms with Gasteiger partial charge >= 0.3 is 0 Å². The maximum Gasteiger partial charge on any atom is 0.0668 e. The number of aliphatic imine (C=N–C) groups is 1. The van der Waals surface area contributed by atoms with Crippen LogP contribution in [0.2, 0.25) is 0 Å². The summed E-state index contributed by atoms with van der Waals surface area (Å²) in [5.74, 6) is 0. The molecule has 0 aromatic heterocycles. The van der Waals surface area contributed by atoms with Gasteiger partial charge in [-0.05, 0) is 23.8 Å². The Bertz CT molecular complexity index is 711. The smallest absolute Gasteiger partial charge is 0.0668 e. The van der Waals surface area contributed by atoms with E-state index in [0.717, 1.165) is 30.1 Å². The van der Waals surface area contributed by atoms with Gasteiger partial charge in [-0.1, -0.05) is 42.5 Å². The highest BCUT2D eigenvalue weighted by molar-refractivity contribution is 6.14. The highest BCUT2D eigenvalue weighted by Crippen LogP contribution is 2.23. The Hall–Kier alpha value is -1.97. The van der Waals surface area contributed by atoms with Crippen LogP contribution >= 0.6 is 24.8 Å². The molecule has 2 N–H and O–H groups in total. The molecule has 1 aliphatic heterocycles. The quantitative estimate of drug-likeness (QED) is 0.830. The molecule has 3 nitrogen and oxygen atoms in total. The van der Waals surface area contributed by atoms with Crippen molar-refractivity contribution in [2.45, 2.75) is 0 Å². The van der Waals surface area contributed by atoms with Crippen molar-refractivity contribution in [3.8, 4) is 0 Å². The lowest BCUT2D eigenvalue weighted by atomic mass is 10.1. The fraction of sp³-hybridized carbons (Fsp3) is 0.167. The van der Waals surface area contributed by atoms with Crippen LogP contribution in [0.15, 0.2) is 59.6 Å². The van der Waals surface area contributed by atoms with Crippen molar-refractivity contribution < 1.29 is 0 Å². The van der Waals surface area contributed by atoms with E-state index >= 15 is 0 Å². The predicted molar refractivity (Wildman–Crippen MR) is 106 cm³/mol. The Balaban J connectivity index is 0.00000132. The number of fused-ring (bicyclic) bond motifs is 1. The first-order chi connectivity index (χ1) is 10.3. The first-order valence-electron chi connectivity index (χ1n) is 7.13. The third-order valence-electron chi connectivity index (χ3n) is 3.73. The fourth-order valence-electron chi connectivity index (χ4n) is 2.52. The van der Waals surface area contributed by atoms with Crippen LogP contribution in [-0.4, -0.2) is 25.8 Å². The lowest BCUT2D eigenvalue weighted by Crippen LogP contribution is -2.20. The number of hydrogen-bond donors (Lipinski definition) is 1. The topological polar surface area (TPSA) is 41.6 Å². The SMILES string of the molecule is CN1CCN=C(/C=C/c2ccccc2N)c2ccccc21.Cl.Cl. The van der Waals surface area contributed by atoms with Gasteiger partial charge in [0.05, 0.1) is 12.3 Å². The molecule has 122 valence electrons. The maximum atomic E-state index is 5.98. The zero-order chi connectivity index (χ0) is 14.7. The lowest BCUT2D eigenvalue weighted by molar-refractivity contribution is 0.897. The Morgan fingerprint density at radius 3 is 2.48 bits per heavy atom. The summed E-state index contributed by atoms with van der Waals surface area (Å²) in [5.41, 5.74) is 11.2. The van der Waals surface area contributed by atoms with E-state index in [1.807, 2.05) is 30.3 Å². The molecule has 5 heteroatoms. The van der Waals surface area contributed by atoms with Crippen molar-refractivity contribution in [3.63, 3.8) is 0 Å². The Labute approximate surface area is 149 Å². The minimum Gasteiger partial charge on any atom is -0.398 e. The number of rotatable bonds is 2. The number of hydrogen-bond acceptors (Lipinski definition) is 3. The fourth-order valence-corrected chi connectivity index (χ4v) is 2.52. The Morgan fingerprint density at radius 2 is 1.70 bits per heavy atom. The van der Waals surface area contributed by atoms with Crippen molar-refractivity contribution in [3.05, 3.63) is 65.7 Å². The van der Waals surface area contributed by atoms with Gasteiger partial charge in [0, 0.05) is 30.5 Å². The van der Waals surface area contributed by atoms with Crippen molar-refractivity contribution in [2.75, 3.05) is 30.8 Å². The molecule has 0 unspecified atom stereocenters. The minimum absolute atomic E-state index is 0. The van der Waals surface area contributed by atoms with E-state index in [-0.39, 0.29) is 24.8 Å². The summed E-state index contributed by atoms with van der Waals surface area (Å²) >= 11 is 0. The second-order valence-corrected chi connectivity index (χ2v) is 5.17. The first-order valence-corrected chi connectivity index (χ1v) is 7.13. The summed E-state index contributed by atoms with van der Waals surface area (Å²) in [7, 11) is 2.11. The van der Waals surface area contributed by atoms with Gasteiger partial charge in [0.2, 0.25) is 0 Å². The second-order valence-electron chi connectivity index (χ2n) is 5.17. The summed E-state index contributed by atoms with van der Waals surface area (Å²) in [6, 6.07) is 16.2. The van der Waals surface area contributed by atoms with Crippen LogP contribution in [0.5, 0.6) is 0 Å². The zero-order valence-corrected chi connectivity index (χ0v) is 14.6. The van der Waals surface area contributed by atoms with E-state index in [9.17, 15) is 0 Å². The highest BCUT2D eigenvalue weighted by atomic mass is 35.5. The van der Waals surface area contributed by atoms with E-state index in [1.54, 1.807) is 0 Å². The monoisotopic (exact) mass is 349 g/mol. The van der Waals surface area contributed by atoms with Crippen molar-refractivity contribution >= 4 is 48.0 Å². The summed E-state index contributed by atoms with van der Waals surface area (Å²) in [6.07, 6.45) is 4.10. The summed E-state index contributed by atoms with van der Waals surface area (Å²) in [6.45, 7) is 1.73. The van der Waals surface area contributed by atoms with Crippen LogP contribution in [-0.2, 0) is 0 Å². The molecule has 0 saturated carbocycles. The number of nitrogens with zero attached hydrogens (tertiary/aromatic N) is 2. The molecule has 2 aromatic carbocycles. The molecule has 0 amide bonds. The van der Waals surface area contributed by atoms with Crippen molar-refractivity contribution in [1.29, 1.82) is 0 Å². The lowest BCUT2D eigenvalue weighted by Gasteiger charge is -2.18. The van der Waals surface area contributed by atoms with Crippen LogP contribution < -0.4 is 10.6 Å². The van der Waals surface area contributed by atoms with Crippen LogP contribution in [0.3, 0.4) is 0 Å². The van der Waals surface area contributed by atoms with E-state index in [2.05, 4.69) is 42.3 Å². The molecule has 0 spiro atoms. The third kappa shape index (κ3) is 4.27. The Morgan fingerprint density at radius 1 is 1.00 bits per heavy atom. The van der Waals surface area contributed by atoms with E-state index in [0.29, 0.717) is 0 Å². The number of nitrogen functional groups attached to an aromatic ring is 1. The van der Waals surface area contributed by atoms with Gasteiger partial charge in [-0.25, -0.2) is 0 Å². The molecular weight excluding hydrogens is 329 g/mol. The zero-order valence-electron chi connectivity index (χ0n) is 13.0. The average molecular weight is 350 g/mol. The first kappa shape index (κ1) is 19.1. The molecule has 0 saturated heterocycles. The predicted octanol–water partition coefficient (Wildman–Crippen LogP) is 4.06. The third-order valence-corrected chi connectivity index (χ3v) is 3.73. The molecular formula is C18H21Cl2N3. The number of benzene rings is 2. The van der Waals surface area contributed by atoms with E-state index in [1.165, 1.54) is 11.3 Å². The molecule has 0 fully saturated rings. The Kier molecular flexibility index (Phi) is 7.14. The highest BCUT2D eigenvalue weighted by Gasteiger charge is 2.13. The largest absolute Gasteiger partial charge is 0.398 e. The molecule has 1 aliphatic rings. The number of likely N-dealkylation sites (N-methyl/N-ethyl adjacent to an activating group) is 1. The van der Waals surface area contributed by atoms with Gasteiger partial charge in [0.25, 0.3) is 0 Å². The van der Waals surface area contributed by atoms with Gasteiger partial charge in [-0.15, -0.1) is 24.8 Å². The molecule has 1 heterocycles. The standard InChI is InChI=1S/C18H19N3.2ClH/c1-21-13-12-20-17(15-7-3-5-9-18(15)21)11-10-14-6-2-4-8-16(14)19;;/h2-11H,12-13,19H2,1H3;2*1H/b11-10+;;. The normalized spacial score (nSPS) is 13.4. The average Bonchev–Trinajstić information content (AvgIpc) is 2.67. The van der Waals surface area contributed by atoms with Gasteiger partial charge in [-0.2, -0.15) is 0 Å². The number of anilines is 2. The molecule has 2 aromatic rings. The summed E-state index contributed by atoms with van der Waals surface area (Å²) in [5, 5.41) is 0. The van der Waals surface area contributed by atoms with Gasteiger partial charge in [0.1, 0.15) is 0 Å². The molecule has 0 bridgehead atoms. The van der Waals surface area contributed by atoms with Crippen LogP contribution in [0, 0.1) is 0 Å². The summed E-state index contributed by atoms with van der Waals surface area (Å²) in [4.78, 5) is 6.95. The maximum absolute atomic E-state index is 5.98.